The van der Waals surface area contributed by atoms with Crippen LogP contribution in [0.2, 0.25) is 0 Å². The molecule has 0 spiro atoms. The largest absolute Gasteiger partial charge is 0.245 e. The molecule has 2 aromatic heterocycles. The maximum Gasteiger partial charge on any atom is 0.0972 e. The number of fused-ring (bicyclic) bond motifs is 10. The van der Waals surface area contributed by atoms with E-state index in [1.165, 1.54) is 76.8 Å². The normalized spacial score (nSPS) is 12.8. The quantitative estimate of drug-likeness (QED) is 0.131. The summed E-state index contributed by atoms with van der Waals surface area (Å²) in [7, 11) is 0. The van der Waals surface area contributed by atoms with E-state index in [-0.39, 0.29) is 0 Å². The molecule has 0 N–H and O–H groups in total. The standard InChI is InChI=1S/C59H40N2/c1-2-18-40(19-3-1)53-35-32-41-29-30-42-33-36-54(61-59(42)58(41)60-53)57-50-27-12-10-25-48(50)55(49-26-11-13-28-51(49)57)44-21-14-20-43(37-44)45-22-7-4-15-38-16-5-8-23-46(38)56-47-24-9-6-17-39(47)31-34-52(45)56/h1-3,5-6,8-14,16-37H,4,7,15H2. The van der Waals surface area contributed by atoms with Gasteiger partial charge in [-0.15, -0.1) is 0 Å². The number of pyridine rings is 2. The van der Waals surface area contributed by atoms with Gasteiger partial charge in [0, 0.05) is 21.9 Å². The Labute approximate surface area is 355 Å². The first-order valence-corrected chi connectivity index (χ1v) is 21.4. The number of hydrogen-bond acceptors (Lipinski definition) is 2. The van der Waals surface area contributed by atoms with Gasteiger partial charge < -0.3 is 0 Å². The number of nitrogens with zero attached hydrogens (tertiary/aromatic N) is 2. The number of hydrogen-bond donors (Lipinski definition) is 0. The van der Waals surface area contributed by atoms with E-state index in [4.69, 9.17) is 9.97 Å². The van der Waals surface area contributed by atoms with Crippen LogP contribution in [0.3, 0.4) is 0 Å². The van der Waals surface area contributed by atoms with Crippen molar-refractivity contribution < 1.29 is 0 Å². The lowest BCUT2D eigenvalue weighted by molar-refractivity contribution is 0.846. The molecule has 286 valence electrons. The lowest BCUT2D eigenvalue weighted by Crippen LogP contribution is -1.97. The molecule has 61 heavy (non-hydrogen) atoms. The molecule has 0 amide bonds. The van der Waals surface area contributed by atoms with Crippen molar-refractivity contribution in [2.75, 3.05) is 0 Å². The number of aryl methyl sites for hydroxylation is 1. The first-order chi connectivity index (χ1) is 30.3. The summed E-state index contributed by atoms with van der Waals surface area (Å²) in [6.07, 6.45) is 5.66. The van der Waals surface area contributed by atoms with Gasteiger partial charge in [0.15, 0.2) is 0 Å². The molecule has 0 radical (unpaired) electrons. The van der Waals surface area contributed by atoms with Crippen LogP contribution in [-0.2, 0) is 6.42 Å². The molecule has 1 aliphatic carbocycles. The van der Waals surface area contributed by atoms with E-state index in [1.807, 2.05) is 6.07 Å². The zero-order valence-electron chi connectivity index (χ0n) is 33.6. The maximum absolute atomic E-state index is 5.50. The predicted molar refractivity (Wildman–Crippen MR) is 258 cm³/mol. The van der Waals surface area contributed by atoms with Gasteiger partial charge in [-0.3, -0.25) is 0 Å². The van der Waals surface area contributed by atoms with Crippen molar-refractivity contribution in [3.8, 4) is 44.8 Å². The number of benzene rings is 9. The van der Waals surface area contributed by atoms with Crippen molar-refractivity contribution in [3.63, 3.8) is 0 Å². The molecule has 0 aliphatic heterocycles. The first kappa shape index (κ1) is 35.3. The Morgan fingerprint density at radius 2 is 0.902 bits per heavy atom. The third kappa shape index (κ3) is 5.94. The van der Waals surface area contributed by atoms with Crippen molar-refractivity contribution >= 4 is 59.7 Å². The highest BCUT2D eigenvalue weighted by Gasteiger charge is 2.22. The number of rotatable bonds is 4. The summed E-state index contributed by atoms with van der Waals surface area (Å²) in [5.41, 5.74) is 16.3. The highest BCUT2D eigenvalue weighted by Crippen LogP contribution is 2.46. The van der Waals surface area contributed by atoms with Gasteiger partial charge in [0.05, 0.1) is 22.4 Å². The minimum Gasteiger partial charge on any atom is -0.245 e. The third-order valence-electron chi connectivity index (χ3n) is 12.7. The van der Waals surface area contributed by atoms with Crippen molar-refractivity contribution in [1.29, 1.82) is 0 Å². The van der Waals surface area contributed by atoms with Crippen molar-refractivity contribution in [2.45, 2.75) is 19.3 Å². The number of aromatic nitrogens is 2. The van der Waals surface area contributed by atoms with E-state index in [2.05, 4.69) is 200 Å². The van der Waals surface area contributed by atoms with Gasteiger partial charge in [0.1, 0.15) is 0 Å². The Morgan fingerprint density at radius 1 is 0.344 bits per heavy atom. The van der Waals surface area contributed by atoms with Crippen molar-refractivity contribution in [1.82, 2.24) is 9.97 Å². The molecular formula is C59H40N2. The van der Waals surface area contributed by atoms with Crippen LogP contribution in [0.5, 0.6) is 0 Å². The van der Waals surface area contributed by atoms with Gasteiger partial charge in [0.2, 0.25) is 0 Å². The highest BCUT2D eigenvalue weighted by molar-refractivity contribution is 6.21. The molecule has 0 saturated carbocycles. The second-order valence-corrected chi connectivity index (χ2v) is 16.3. The summed E-state index contributed by atoms with van der Waals surface area (Å²) < 4.78 is 0. The fourth-order valence-electron chi connectivity index (χ4n) is 9.92. The Hall–Kier alpha value is -7.68. The summed E-state index contributed by atoms with van der Waals surface area (Å²) in [6.45, 7) is 0. The van der Waals surface area contributed by atoms with E-state index < -0.39 is 0 Å². The van der Waals surface area contributed by atoms with Gasteiger partial charge in [-0.25, -0.2) is 9.97 Å². The summed E-state index contributed by atoms with van der Waals surface area (Å²) in [6, 6.07) is 73.0. The molecule has 0 saturated heterocycles. The predicted octanol–water partition coefficient (Wildman–Crippen LogP) is 15.7. The van der Waals surface area contributed by atoms with Crippen molar-refractivity contribution in [2.24, 2.45) is 0 Å². The van der Waals surface area contributed by atoms with Crippen LogP contribution in [0, 0.1) is 0 Å². The van der Waals surface area contributed by atoms with Crippen LogP contribution in [-0.4, -0.2) is 9.97 Å². The van der Waals surface area contributed by atoms with Crippen LogP contribution >= 0.6 is 0 Å². The topological polar surface area (TPSA) is 25.8 Å². The molecule has 9 aromatic carbocycles. The monoisotopic (exact) mass is 776 g/mol. The first-order valence-electron chi connectivity index (χ1n) is 21.4. The van der Waals surface area contributed by atoms with Gasteiger partial charge in [0.25, 0.3) is 0 Å². The van der Waals surface area contributed by atoms with E-state index in [9.17, 15) is 0 Å². The van der Waals surface area contributed by atoms with Gasteiger partial charge in [-0.1, -0.05) is 188 Å². The van der Waals surface area contributed by atoms with Crippen LogP contribution in [0.25, 0.3) is 104 Å². The molecule has 2 heterocycles. The summed E-state index contributed by atoms with van der Waals surface area (Å²) in [4.78, 5) is 10.7. The summed E-state index contributed by atoms with van der Waals surface area (Å²) in [5, 5.41) is 9.51. The van der Waals surface area contributed by atoms with Crippen LogP contribution < -0.4 is 0 Å². The lowest BCUT2D eigenvalue weighted by atomic mass is 9.84. The zero-order valence-corrected chi connectivity index (χ0v) is 33.6. The molecule has 11 aromatic rings. The molecular weight excluding hydrogens is 737 g/mol. The van der Waals surface area contributed by atoms with Gasteiger partial charge in [-0.2, -0.15) is 0 Å². The SMILES string of the molecule is C1=C(c2cccc(-c3c4ccccc4c(-c4ccc5ccc6ccc(-c7ccccc7)nc6c5n4)c4ccccc34)c2)c2ccc3ccccc3c2-c2ccccc2CCC1. The fraction of sp³-hybridized carbons (Fsp3) is 0.0508. The Balaban J connectivity index is 1.06. The summed E-state index contributed by atoms with van der Waals surface area (Å²) >= 11 is 0. The Bertz CT molecular complexity index is 3500. The molecule has 12 rings (SSSR count). The van der Waals surface area contributed by atoms with E-state index in [0.29, 0.717) is 0 Å². The van der Waals surface area contributed by atoms with Crippen molar-refractivity contribution in [3.05, 3.63) is 223 Å². The Kier molecular flexibility index (Phi) is 8.41. The lowest BCUT2D eigenvalue weighted by Gasteiger charge is -2.20. The van der Waals surface area contributed by atoms with Gasteiger partial charge in [-0.05, 0) is 114 Å². The summed E-state index contributed by atoms with van der Waals surface area (Å²) in [5.74, 6) is 0. The van der Waals surface area contributed by atoms with E-state index in [1.54, 1.807) is 0 Å². The minimum atomic E-state index is 0.914. The molecule has 0 bridgehead atoms. The molecule has 2 heteroatoms. The van der Waals surface area contributed by atoms with E-state index in [0.717, 1.165) is 63.6 Å². The maximum atomic E-state index is 5.50. The molecule has 0 fully saturated rings. The average Bonchev–Trinajstić information content (AvgIpc) is 3.41. The smallest absolute Gasteiger partial charge is 0.0972 e. The molecule has 0 unspecified atom stereocenters. The average molecular weight is 777 g/mol. The second-order valence-electron chi connectivity index (χ2n) is 16.3. The Morgan fingerprint density at radius 3 is 1.66 bits per heavy atom. The molecule has 2 nitrogen and oxygen atoms in total. The second kappa shape index (κ2) is 14.5. The van der Waals surface area contributed by atoms with E-state index >= 15 is 0 Å². The molecule has 0 atom stereocenters. The van der Waals surface area contributed by atoms with Crippen LogP contribution in [0.4, 0.5) is 0 Å². The molecule has 1 aliphatic rings. The minimum absolute atomic E-state index is 0.914. The van der Waals surface area contributed by atoms with Crippen LogP contribution in [0.15, 0.2) is 206 Å². The highest BCUT2D eigenvalue weighted by atomic mass is 14.8. The number of allylic oxidation sites excluding steroid dienone is 1. The van der Waals surface area contributed by atoms with Crippen LogP contribution in [0.1, 0.15) is 29.5 Å². The van der Waals surface area contributed by atoms with Gasteiger partial charge >= 0.3 is 0 Å². The third-order valence-corrected chi connectivity index (χ3v) is 12.7. The fourth-order valence-corrected chi connectivity index (χ4v) is 9.92. The zero-order chi connectivity index (χ0) is 40.3.